The number of halogens is 3. The van der Waals surface area contributed by atoms with Crippen LogP contribution in [0.3, 0.4) is 0 Å². The number of carbonyl (C=O) groups is 1. The molecule has 100 valence electrons. The third-order valence-corrected chi connectivity index (χ3v) is 3.35. The zero-order valence-corrected chi connectivity index (χ0v) is 9.48. The number of nitrogens with zero attached hydrogens (tertiary/aromatic N) is 3. The van der Waals surface area contributed by atoms with Crippen LogP contribution in [0.1, 0.15) is 23.2 Å². The van der Waals surface area contributed by atoms with Crippen LogP contribution in [0.5, 0.6) is 0 Å². The van der Waals surface area contributed by atoms with Crippen molar-refractivity contribution in [2.24, 2.45) is 0 Å². The van der Waals surface area contributed by atoms with Gasteiger partial charge in [0.25, 0.3) is 0 Å². The van der Waals surface area contributed by atoms with Crippen molar-refractivity contribution < 1.29 is 23.1 Å². The number of benzene rings is 1. The molecule has 0 radical (unpaired) electrons. The molecule has 1 saturated carbocycles. The highest BCUT2D eigenvalue weighted by atomic mass is 19.4. The zero-order valence-electron chi connectivity index (χ0n) is 9.48. The summed E-state index contributed by atoms with van der Waals surface area (Å²) in [6.45, 7) is 0. The van der Waals surface area contributed by atoms with Gasteiger partial charge >= 0.3 is 12.1 Å². The summed E-state index contributed by atoms with van der Waals surface area (Å²) in [5.41, 5.74) is -1.77. The first-order valence-electron chi connectivity index (χ1n) is 5.51. The van der Waals surface area contributed by atoms with Gasteiger partial charge in [0, 0.05) is 0 Å². The summed E-state index contributed by atoms with van der Waals surface area (Å²) in [5, 5.41) is 16.1. The van der Waals surface area contributed by atoms with Gasteiger partial charge in [0.15, 0.2) is 5.54 Å². The van der Waals surface area contributed by atoms with Crippen molar-refractivity contribution >= 4 is 17.0 Å². The minimum Gasteiger partial charge on any atom is -0.478 e. The van der Waals surface area contributed by atoms with Gasteiger partial charge in [-0.3, -0.25) is 0 Å². The van der Waals surface area contributed by atoms with Crippen LogP contribution < -0.4 is 0 Å². The van der Waals surface area contributed by atoms with E-state index in [1.807, 2.05) is 0 Å². The van der Waals surface area contributed by atoms with E-state index in [-0.39, 0.29) is 29.4 Å². The SMILES string of the molecule is O=C(O)c1ccc2nnn(C3(C(F)(F)F)CC3)c2c1. The minimum absolute atomic E-state index is 0.0632. The Morgan fingerprint density at radius 2 is 2.05 bits per heavy atom. The lowest BCUT2D eigenvalue weighted by molar-refractivity contribution is -0.181. The number of carboxylic acids is 1. The van der Waals surface area contributed by atoms with Crippen molar-refractivity contribution in [3.05, 3.63) is 23.8 Å². The number of hydrogen-bond donors (Lipinski definition) is 1. The van der Waals surface area contributed by atoms with Gasteiger partial charge in [-0.1, -0.05) is 5.21 Å². The van der Waals surface area contributed by atoms with Crippen molar-refractivity contribution in [1.29, 1.82) is 0 Å². The molecular weight excluding hydrogens is 263 g/mol. The van der Waals surface area contributed by atoms with Gasteiger partial charge in [0.2, 0.25) is 0 Å². The maximum atomic E-state index is 13.0. The Bertz CT molecular complexity index is 673. The Morgan fingerprint density at radius 3 is 2.58 bits per heavy atom. The molecule has 1 aromatic carbocycles. The Balaban J connectivity index is 2.20. The van der Waals surface area contributed by atoms with Gasteiger partial charge in [0.1, 0.15) is 5.52 Å². The molecule has 0 aliphatic heterocycles. The van der Waals surface area contributed by atoms with Crippen molar-refractivity contribution in [1.82, 2.24) is 15.0 Å². The number of fused-ring (bicyclic) bond motifs is 1. The maximum absolute atomic E-state index is 13.0. The van der Waals surface area contributed by atoms with Crippen molar-refractivity contribution in [3.63, 3.8) is 0 Å². The van der Waals surface area contributed by atoms with E-state index in [0.717, 1.165) is 4.68 Å². The Morgan fingerprint density at radius 1 is 1.37 bits per heavy atom. The fourth-order valence-corrected chi connectivity index (χ4v) is 2.10. The molecule has 1 fully saturated rings. The second kappa shape index (κ2) is 3.46. The molecule has 8 heteroatoms. The molecule has 2 aromatic rings. The van der Waals surface area contributed by atoms with Gasteiger partial charge in [-0.05, 0) is 31.0 Å². The Labute approximate surface area is 104 Å². The normalized spacial score (nSPS) is 17.6. The summed E-state index contributed by atoms with van der Waals surface area (Å²) >= 11 is 0. The lowest BCUT2D eigenvalue weighted by Crippen LogP contribution is -2.35. The van der Waals surface area contributed by atoms with Gasteiger partial charge in [-0.15, -0.1) is 5.10 Å². The van der Waals surface area contributed by atoms with Gasteiger partial charge in [-0.25, -0.2) is 9.48 Å². The number of alkyl halides is 3. The Hall–Kier alpha value is -2.12. The summed E-state index contributed by atoms with van der Waals surface area (Å²) in [7, 11) is 0. The molecule has 0 amide bonds. The van der Waals surface area contributed by atoms with E-state index < -0.39 is 17.7 Å². The van der Waals surface area contributed by atoms with Crippen LogP contribution in [-0.2, 0) is 5.54 Å². The first-order valence-corrected chi connectivity index (χ1v) is 5.51. The van der Waals surface area contributed by atoms with Crippen molar-refractivity contribution in [2.45, 2.75) is 24.6 Å². The van der Waals surface area contributed by atoms with Gasteiger partial charge < -0.3 is 5.11 Å². The highest BCUT2D eigenvalue weighted by Crippen LogP contribution is 2.55. The smallest absolute Gasteiger partial charge is 0.413 e. The van der Waals surface area contributed by atoms with Crippen LogP contribution in [-0.4, -0.2) is 32.2 Å². The van der Waals surface area contributed by atoms with E-state index in [4.69, 9.17) is 5.11 Å². The van der Waals surface area contributed by atoms with E-state index in [2.05, 4.69) is 10.3 Å². The highest BCUT2D eigenvalue weighted by molar-refractivity contribution is 5.92. The monoisotopic (exact) mass is 271 g/mol. The number of aromatic carboxylic acids is 1. The summed E-state index contributed by atoms with van der Waals surface area (Å²) in [6.07, 6.45) is -4.55. The molecule has 3 rings (SSSR count). The van der Waals surface area contributed by atoms with Crippen molar-refractivity contribution in [2.75, 3.05) is 0 Å². The molecule has 0 spiro atoms. The lowest BCUT2D eigenvalue weighted by atomic mass is 10.2. The van der Waals surface area contributed by atoms with Gasteiger partial charge in [-0.2, -0.15) is 13.2 Å². The summed E-state index contributed by atoms with van der Waals surface area (Å²) in [6, 6.07) is 3.81. The minimum atomic E-state index is -4.42. The second-order valence-corrected chi connectivity index (χ2v) is 4.54. The van der Waals surface area contributed by atoms with E-state index >= 15 is 0 Å². The molecule has 1 N–H and O–H groups in total. The number of aromatic nitrogens is 3. The quantitative estimate of drug-likeness (QED) is 0.909. The molecule has 0 bridgehead atoms. The molecule has 1 aromatic heterocycles. The molecule has 0 unspecified atom stereocenters. The number of hydrogen-bond acceptors (Lipinski definition) is 3. The third-order valence-electron chi connectivity index (χ3n) is 3.35. The molecule has 1 heterocycles. The topological polar surface area (TPSA) is 68.0 Å². The first-order chi connectivity index (χ1) is 8.85. The largest absolute Gasteiger partial charge is 0.478 e. The predicted molar refractivity (Wildman–Crippen MR) is 57.8 cm³/mol. The molecule has 1 aliphatic rings. The molecular formula is C11H8F3N3O2. The lowest BCUT2D eigenvalue weighted by Gasteiger charge is -2.19. The van der Waals surface area contributed by atoms with Gasteiger partial charge in [0.05, 0.1) is 11.1 Å². The summed E-state index contributed by atoms with van der Waals surface area (Å²) < 4.78 is 39.9. The van der Waals surface area contributed by atoms with Crippen LogP contribution >= 0.6 is 0 Å². The summed E-state index contributed by atoms with van der Waals surface area (Å²) in [4.78, 5) is 10.9. The van der Waals surface area contributed by atoms with Crippen molar-refractivity contribution in [3.8, 4) is 0 Å². The Kier molecular flexibility index (Phi) is 2.17. The number of rotatable bonds is 2. The first kappa shape index (κ1) is 11.9. The average Bonchev–Trinajstić information content (AvgIpc) is 3.03. The van der Waals surface area contributed by atoms with Crippen LogP contribution in [0.25, 0.3) is 11.0 Å². The molecule has 5 nitrogen and oxygen atoms in total. The van der Waals surface area contributed by atoms with Crippen LogP contribution in [0, 0.1) is 0 Å². The standard InChI is InChI=1S/C11H8F3N3O2/c12-11(13,14)10(3-4-10)17-8-5-6(9(18)19)1-2-7(8)15-16-17/h1-2,5H,3-4H2,(H,18,19). The maximum Gasteiger partial charge on any atom is 0.413 e. The van der Waals surface area contributed by atoms with E-state index in [0.29, 0.717) is 0 Å². The zero-order chi connectivity index (χ0) is 13.8. The van der Waals surface area contributed by atoms with Crippen LogP contribution in [0.2, 0.25) is 0 Å². The van der Waals surface area contributed by atoms with E-state index in [1.165, 1.54) is 18.2 Å². The van der Waals surface area contributed by atoms with E-state index in [9.17, 15) is 18.0 Å². The number of carboxylic acid groups (broad SMARTS) is 1. The molecule has 0 atom stereocenters. The average molecular weight is 271 g/mol. The van der Waals surface area contributed by atoms with E-state index in [1.54, 1.807) is 0 Å². The van der Waals surface area contributed by atoms with Crippen LogP contribution in [0.15, 0.2) is 18.2 Å². The summed E-state index contributed by atoms with van der Waals surface area (Å²) in [5.74, 6) is -1.20. The second-order valence-electron chi connectivity index (χ2n) is 4.54. The van der Waals surface area contributed by atoms with Crippen LogP contribution in [0.4, 0.5) is 13.2 Å². The molecule has 19 heavy (non-hydrogen) atoms. The third kappa shape index (κ3) is 1.59. The predicted octanol–water partition coefficient (Wildman–Crippen LogP) is 2.18. The molecule has 1 aliphatic carbocycles. The molecule has 0 saturated heterocycles. The fraction of sp³-hybridized carbons (Fsp3) is 0.364. The highest BCUT2D eigenvalue weighted by Gasteiger charge is 2.66. The fourth-order valence-electron chi connectivity index (χ4n) is 2.10.